The van der Waals surface area contributed by atoms with Crippen LogP contribution < -0.4 is 0 Å². The summed E-state index contributed by atoms with van der Waals surface area (Å²) >= 11 is 0. The van der Waals surface area contributed by atoms with E-state index in [9.17, 15) is 9.59 Å². The summed E-state index contributed by atoms with van der Waals surface area (Å²) in [6.45, 7) is 0. The fraction of sp³-hybridized carbons (Fsp3) is 0.154. The van der Waals surface area contributed by atoms with E-state index in [-0.39, 0.29) is 28.4 Å². The summed E-state index contributed by atoms with van der Waals surface area (Å²) in [5.41, 5.74) is 0.744. The Bertz CT molecular complexity index is 561. The van der Waals surface area contributed by atoms with Crippen molar-refractivity contribution in [3.05, 3.63) is 47.8 Å². The quantitative estimate of drug-likeness (QED) is 0.430. The van der Waals surface area contributed by atoms with Crippen LogP contribution in [0.15, 0.2) is 42.1 Å². The number of aromatic amines is 1. The molecule has 1 aromatic rings. The topological polar surface area (TPSA) is 126 Å². The second kappa shape index (κ2) is 9.57. The van der Waals surface area contributed by atoms with Crippen LogP contribution in [-0.4, -0.2) is 37.2 Å². The first-order chi connectivity index (χ1) is 9.50. The van der Waals surface area contributed by atoms with Crippen LogP contribution in [0.4, 0.5) is 0 Å². The van der Waals surface area contributed by atoms with Crippen LogP contribution in [0.25, 0.3) is 6.08 Å². The summed E-state index contributed by atoms with van der Waals surface area (Å²) in [4.78, 5) is 26.8. The Kier molecular flexibility index (Phi) is 8.52. The molecule has 0 saturated heterocycles. The third kappa shape index (κ3) is 7.14. The number of aromatic nitrogens is 2. The number of nitrogens with one attached hydrogen (secondary N) is 1. The Hall–Kier alpha value is -2.31. The van der Waals surface area contributed by atoms with Crippen molar-refractivity contribution in [2.45, 2.75) is 12.8 Å². The minimum absolute atomic E-state index is 0. The molecule has 5 N–H and O–H groups in total. The van der Waals surface area contributed by atoms with Gasteiger partial charge < -0.3 is 20.3 Å². The van der Waals surface area contributed by atoms with Gasteiger partial charge in [0.05, 0.1) is 18.4 Å². The van der Waals surface area contributed by atoms with Gasteiger partial charge in [-0.3, -0.25) is 0 Å². The van der Waals surface area contributed by atoms with Crippen molar-refractivity contribution in [1.29, 1.82) is 0 Å². The van der Waals surface area contributed by atoms with E-state index in [1.807, 2.05) is 0 Å². The Balaban J connectivity index is 0.000000364. The number of carboxylic acids is 2. The van der Waals surface area contributed by atoms with E-state index in [1.54, 1.807) is 12.3 Å². The molecule has 113 valence electrons. The molecule has 0 aromatic carbocycles. The summed E-state index contributed by atoms with van der Waals surface area (Å²) in [5, 5.41) is 23.9. The predicted octanol–water partition coefficient (Wildman–Crippen LogP) is 0.905. The molecule has 1 aliphatic rings. The summed E-state index contributed by atoms with van der Waals surface area (Å²) in [5.74, 6) is -1.74. The zero-order valence-corrected chi connectivity index (χ0v) is 12.1. The van der Waals surface area contributed by atoms with Crippen LogP contribution in [0.5, 0.6) is 0 Å². The summed E-state index contributed by atoms with van der Waals surface area (Å²) in [7, 11) is 0. The van der Waals surface area contributed by atoms with E-state index in [1.165, 1.54) is 18.5 Å². The van der Waals surface area contributed by atoms with Crippen molar-refractivity contribution >= 4 is 18.0 Å². The maximum atomic E-state index is 10.3. The molecule has 0 fully saturated rings. The van der Waals surface area contributed by atoms with Crippen LogP contribution in [-0.2, 0) is 26.7 Å². The molecule has 0 amide bonds. The minimum atomic E-state index is -0.999. The number of hydrogen-bond donors (Lipinski definition) is 3. The van der Waals surface area contributed by atoms with E-state index in [0.717, 1.165) is 12.5 Å². The number of H-pyrrole nitrogens is 1. The zero-order chi connectivity index (χ0) is 15.0. The second-order valence-electron chi connectivity index (χ2n) is 3.80. The number of imidazole rings is 1. The van der Waals surface area contributed by atoms with Gasteiger partial charge in [-0.1, -0.05) is 6.08 Å². The first-order valence-corrected chi connectivity index (χ1v) is 5.75. The van der Waals surface area contributed by atoms with Gasteiger partial charge in [0.2, 0.25) is 5.76 Å². The van der Waals surface area contributed by atoms with Crippen molar-refractivity contribution in [3.8, 4) is 0 Å². The molecule has 1 radical (unpaired) electrons. The van der Waals surface area contributed by atoms with Gasteiger partial charge in [0.25, 0.3) is 0 Å². The Morgan fingerprint density at radius 3 is 2.52 bits per heavy atom. The molecular formula is C13H15MnN2O5+. The SMILES string of the molecule is O=C(O)/C=C\c1c[nH]cn1.O=C(O)C1=C([OH2+])CCC=C1.[Mn]. The molecule has 0 atom stereocenters. The molecule has 0 unspecified atom stereocenters. The van der Waals surface area contributed by atoms with Gasteiger partial charge in [-0.25, -0.2) is 14.6 Å². The molecule has 1 aliphatic carbocycles. The van der Waals surface area contributed by atoms with Crippen LogP contribution in [0.2, 0.25) is 0 Å². The van der Waals surface area contributed by atoms with E-state index in [4.69, 9.17) is 15.3 Å². The summed E-state index contributed by atoms with van der Waals surface area (Å²) < 4.78 is 0. The van der Waals surface area contributed by atoms with Gasteiger partial charge in [0.15, 0.2) is 0 Å². The average Bonchev–Trinajstić information content (AvgIpc) is 2.90. The Morgan fingerprint density at radius 2 is 2.10 bits per heavy atom. The maximum absolute atomic E-state index is 10.3. The van der Waals surface area contributed by atoms with Crippen molar-refractivity contribution in [2.75, 3.05) is 0 Å². The predicted molar refractivity (Wildman–Crippen MR) is 71.9 cm³/mol. The molecule has 7 nitrogen and oxygen atoms in total. The number of aliphatic carboxylic acids is 2. The van der Waals surface area contributed by atoms with Gasteiger partial charge in [0.1, 0.15) is 5.57 Å². The summed E-state index contributed by atoms with van der Waals surface area (Å²) in [6, 6.07) is 0. The van der Waals surface area contributed by atoms with E-state index in [0.29, 0.717) is 12.1 Å². The first-order valence-electron chi connectivity index (χ1n) is 5.75. The Labute approximate surface area is 131 Å². The van der Waals surface area contributed by atoms with Gasteiger partial charge >= 0.3 is 11.9 Å². The van der Waals surface area contributed by atoms with Gasteiger partial charge in [0, 0.05) is 29.3 Å². The molecule has 0 aliphatic heterocycles. The van der Waals surface area contributed by atoms with Crippen LogP contribution in [0.1, 0.15) is 18.5 Å². The minimum Gasteiger partial charge on any atom is -0.596 e. The van der Waals surface area contributed by atoms with Crippen molar-refractivity contribution in [3.63, 3.8) is 0 Å². The molecular weight excluding hydrogens is 319 g/mol. The fourth-order valence-corrected chi connectivity index (χ4v) is 1.38. The third-order valence-corrected chi connectivity index (χ3v) is 2.32. The zero-order valence-electron chi connectivity index (χ0n) is 10.9. The van der Waals surface area contributed by atoms with Crippen molar-refractivity contribution < 1.29 is 42.0 Å². The van der Waals surface area contributed by atoms with Crippen molar-refractivity contribution in [2.24, 2.45) is 0 Å². The third-order valence-electron chi connectivity index (χ3n) is 2.32. The Morgan fingerprint density at radius 1 is 1.38 bits per heavy atom. The number of allylic oxidation sites excluding steroid dienone is 2. The van der Waals surface area contributed by atoms with E-state index < -0.39 is 11.9 Å². The number of rotatable bonds is 3. The number of nitrogens with zero attached hydrogens (tertiary/aromatic N) is 1. The van der Waals surface area contributed by atoms with E-state index >= 15 is 0 Å². The fourth-order valence-electron chi connectivity index (χ4n) is 1.38. The largest absolute Gasteiger partial charge is 0.596 e. The smallest absolute Gasteiger partial charge is 0.344 e. The van der Waals surface area contributed by atoms with Gasteiger partial charge in [-0.05, 0) is 18.6 Å². The van der Waals surface area contributed by atoms with Crippen LogP contribution in [0.3, 0.4) is 0 Å². The monoisotopic (exact) mass is 334 g/mol. The molecule has 0 bridgehead atoms. The molecule has 21 heavy (non-hydrogen) atoms. The number of carboxylic acid groups (broad SMARTS) is 2. The van der Waals surface area contributed by atoms with Crippen LogP contribution in [0, 0.1) is 0 Å². The molecule has 1 aromatic heterocycles. The maximum Gasteiger partial charge on any atom is 0.344 e. The number of carbonyl (C=O) groups is 2. The molecule has 0 saturated carbocycles. The molecule has 8 heteroatoms. The van der Waals surface area contributed by atoms with E-state index in [2.05, 4.69) is 9.97 Å². The van der Waals surface area contributed by atoms with Gasteiger partial charge in [-0.2, -0.15) is 0 Å². The molecule has 2 rings (SSSR count). The van der Waals surface area contributed by atoms with Crippen molar-refractivity contribution in [1.82, 2.24) is 9.97 Å². The molecule has 0 spiro atoms. The average molecular weight is 334 g/mol. The molecule has 1 heterocycles. The first kappa shape index (κ1) is 18.7. The summed E-state index contributed by atoms with van der Waals surface area (Å²) in [6.07, 6.45) is 10.2. The normalized spacial score (nSPS) is 13.3. The van der Waals surface area contributed by atoms with Gasteiger partial charge in [-0.15, -0.1) is 0 Å². The standard InChI is InChI=1S/C7H8O3.C6H6N2O2.Mn/c8-6-4-2-1-3-5(6)7(9)10;9-6(10)2-1-5-3-7-4-8-5;/h1,3,8H,2,4H2,(H,9,10);1-4H,(H,7,8)(H,9,10);/p+1/b;2-1-;. The van der Waals surface area contributed by atoms with Crippen LogP contribution >= 0.6 is 0 Å². The second-order valence-corrected chi connectivity index (χ2v) is 3.80. The number of hydrogen-bond acceptors (Lipinski definition) is 3.